The number of methoxy groups -OCH3 is 2. The number of rotatable bonds is 7. The number of ether oxygens (including phenoxy) is 2. The average molecular weight is 520 g/mol. The molecule has 0 aliphatic carbocycles. The number of carbonyl (C=O) groups is 1. The van der Waals surface area contributed by atoms with E-state index in [4.69, 9.17) is 32.0 Å². The number of hydrogen-bond acceptors (Lipinski definition) is 10. The summed E-state index contributed by atoms with van der Waals surface area (Å²) in [5.41, 5.74) is 14.7. The highest BCUT2D eigenvalue weighted by atomic mass is 32.2. The first-order valence-corrected chi connectivity index (χ1v) is 11.6. The normalized spacial score (nSPS) is 10.2. The standard InChI is InChI=1S/C10H8S2.C9H12O2.C5H13N5O2/c11-10-7-6-9(12-10)8-4-2-1-3-5-8;1-7-4-5-8(10-2)9(6-7)11-3;6-1-4(7)2-10(8)3-5(11)9-12/h1-7,11H;4-6H,1-3H3;2,12H,1,3,6-8H2,(H,9,11)/b;;4-2-. The predicted octanol–water partition coefficient (Wildman–Crippen LogP) is 3.14. The molecule has 0 unspecified atom stereocenters. The molecule has 1 aromatic heterocycles. The van der Waals surface area contributed by atoms with Crippen LogP contribution in [-0.4, -0.2) is 43.4 Å². The molecular weight excluding hydrogens is 486 g/mol. The Morgan fingerprint density at radius 1 is 1.11 bits per heavy atom. The van der Waals surface area contributed by atoms with Gasteiger partial charge in [0.15, 0.2) is 11.5 Å². The second-order valence-electron chi connectivity index (χ2n) is 6.98. The Morgan fingerprint density at radius 3 is 2.29 bits per heavy atom. The van der Waals surface area contributed by atoms with Gasteiger partial charge in [-0.15, -0.1) is 24.0 Å². The van der Waals surface area contributed by atoms with E-state index in [0.29, 0.717) is 5.70 Å². The zero-order valence-corrected chi connectivity index (χ0v) is 21.7. The van der Waals surface area contributed by atoms with Crippen LogP contribution in [0.25, 0.3) is 10.4 Å². The number of carbonyl (C=O) groups excluding carboxylic acids is 1. The van der Waals surface area contributed by atoms with Crippen LogP contribution in [0, 0.1) is 6.92 Å². The summed E-state index contributed by atoms with van der Waals surface area (Å²) in [6.07, 6.45) is 1.31. The summed E-state index contributed by atoms with van der Waals surface area (Å²) < 4.78 is 11.2. The Labute approximate surface area is 215 Å². The highest BCUT2D eigenvalue weighted by Gasteiger charge is 2.02. The van der Waals surface area contributed by atoms with Gasteiger partial charge in [-0.05, 0) is 42.3 Å². The maximum atomic E-state index is 10.5. The van der Waals surface area contributed by atoms with Crippen LogP contribution in [0.5, 0.6) is 11.5 Å². The van der Waals surface area contributed by atoms with Crippen LogP contribution in [0.2, 0.25) is 0 Å². The summed E-state index contributed by atoms with van der Waals surface area (Å²) in [4.78, 5) is 11.8. The topological polar surface area (TPSA) is 149 Å². The SMILES string of the molecule is COc1ccc(C)cc1OC.NC/C(N)=C/N(N)CC(=O)NO.Sc1ccc(-c2ccccc2)s1. The summed E-state index contributed by atoms with van der Waals surface area (Å²) in [7, 11) is 3.27. The van der Waals surface area contributed by atoms with Crippen LogP contribution in [0.3, 0.4) is 0 Å². The van der Waals surface area contributed by atoms with E-state index in [0.717, 1.165) is 20.7 Å². The Hall–Kier alpha value is -3.22. The largest absolute Gasteiger partial charge is 0.493 e. The number of amides is 1. The lowest BCUT2D eigenvalue weighted by molar-refractivity contribution is -0.129. The molecule has 9 nitrogen and oxygen atoms in total. The predicted molar refractivity (Wildman–Crippen MR) is 143 cm³/mol. The summed E-state index contributed by atoms with van der Waals surface area (Å²) in [5, 5.41) is 9.14. The first kappa shape index (κ1) is 29.8. The molecule has 11 heteroatoms. The van der Waals surface area contributed by atoms with Crippen molar-refractivity contribution < 1.29 is 19.5 Å². The second kappa shape index (κ2) is 16.4. The average Bonchev–Trinajstić information content (AvgIpc) is 3.31. The lowest BCUT2D eigenvalue weighted by atomic mass is 10.2. The second-order valence-corrected chi connectivity index (χ2v) is 8.85. The molecule has 0 atom stereocenters. The fourth-order valence-electron chi connectivity index (χ4n) is 2.54. The molecule has 8 N–H and O–H groups in total. The van der Waals surface area contributed by atoms with Crippen molar-refractivity contribution in [1.29, 1.82) is 0 Å². The van der Waals surface area contributed by atoms with Crippen molar-refractivity contribution in [1.82, 2.24) is 10.5 Å². The molecule has 0 saturated heterocycles. The Morgan fingerprint density at radius 2 is 1.77 bits per heavy atom. The highest BCUT2D eigenvalue weighted by Crippen LogP contribution is 2.29. The van der Waals surface area contributed by atoms with Crippen LogP contribution in [0.15, 0.2) is 76.8 Å². The minimum atomic E-state index is -0.626. The third-order valence-corrected chi connectivity index (χ3v) is 5.57. The first-order chi connectivity index (χ1) is 16.7. The number of benzene rings is 2. The Balaban J connectivity index is 0.000000263. The number of nitrogens with two attached hydrogens (primary N) is 3. The minimum Gasteiger partial charge on any atom is -0.493 e. The van der Waals surface area contributed by atoms with Crippen molar-refractivity contribution in [3.05, 3.63) is 78.1 Å². The molecule has 0 spiro atoms. The van der Waals surface area contributed by atoms with E-state index < -0.39 is 5.91 Å². The minimum absolute atomic E-state index is 0.161. The molecule has 190 valence electrons. The number of hydrazine groups is 1. The lowest BCUT2D eigenvalue weighted by Gasteiger charge is -2.12. The van der Waals surface area contributed by atoms with Gasteiger partial charge in [-0.25, -0.2) is 11.3 Å². The van der Waals surface area contributed by atoms with E-state index >= 15 is 0 Å². The van der Waals surface area contributed by atoms with Gasteiger partial charge in [0.2, 0.25) is 0 Å². The summed E-state index contributed by atoms with van der Waals surface area (Å²) >= 11 is 5.98. The fraction of sp³-hybridized carbons (Fsp3) is 0.208. The van der Waals surface area contributed by atoms with Crippen molar-refractivity contribution in [3.63, 3.8) is 0 Å². The molecule has 0 bridgehead atoms. The number of hydroxylamine groups is 1. The number of thiol groups is 1. The number of nitrogens with zero attached hydrogens (tertiary/aromatic N) is 1. The van der Waals surface area contributed by atoms with Crippen LogP contribution in [-0.2, 0) is 4.79 Å². The molecule has 3 aromatic rings. The van der Waals surface area contributed by atoms with E-state index in [1.54, 1.807) is 25.6 Å². The van der Waals surface area contributed by atoms with Gasteiger partial charge in [0.05, 0.1) is 18.4 Å². The Kier molecular flexibility index (Phi) is 14.0. The van der Waals surface area contributed by atoms with Crippen LogP contribution < -0.4 is 32.3 Å². The van der Waals surface area contributed by atoms with Gasteiger partial charge in [0.25, 0.3) is 5.91 Å². The number of aryl methyl sites for hydroxylation is 1. The number of hydrogen-bond donors (Lipinski definition) is 6. The molecular formula is C24H33N5O4S2. The van der Waals surface area contributed by atoms with Gasteiger partial charge in [-0.1, -0.05) is 36.4 Å². The van der Waals surface area contributed by atoms with E-state index in [9.17, 15) is 4.79 Å². The van der Waals surface area contributed by atoms with Crippen molar-refractivity contribution >= 4 is 29.9 Å². The Bertz CT molecular complexity index is 1060. The van der Waals surface area contributed by atoms with E-state index in [1.807, 2.05) is 49.4 Å². The maximum Gasteiger partial charge on any atom is 0.264 e. The molecule has 0 radical (unpaired) electrons. The quantitative estimate of drug-likeness (QED) is 0.121. The van der Waals surface area contributed by atoms with Crippen molar-refractivity contribution in [2.24, 2.45) is 17.3 Å². The monoisotopic (exact) mass is 519 g/mol. The van der Waals surface area contributed by atoms with Gasteiger partial charge in [-0.2, -0.15) is 0 Å². The van der Waals surface area contributed by atoms with Gasteiger partial charge in [0.1, 0.15) is 6.54 Å². The first-order valence-electron chi connectivity index (χ1n) is 10.4. The molecule has 0 saturated carbocycles. The molecule has 1 heterocycles. The summed E-state index contributed by atoms with van der Waals surface area (Å²) in [5.74, 6) is 6.21. The van der Waals surface area contributed by atoms with E-state index in [1.165, 1.54) is 27.7 Å². The molecule has 1 amide bonds. The lowest BCUT2D eigenvalue weighted by Crippen LogP contribution is -2.37. The molecule has 0 aliphatic heterocycles. The maximum absolute atomic E-state index is 10.5. The molecule has 35 heavy (non-hydrogen) atoms. The van der Waals surface area contributed by atoms with Gasteiger partial charge in [0, 0.05) is 23.3 Å². The third kappa shape index (κ3) is 11.7. The third-order valence-electron chi connectivity index (χ3n) is 4.21. The van der Waals surface area contributed by atoms with E-state index in [2.05, 4.69) is 30.8 Å². The summed E-state index contributed by atoms with van der Waals surface area (Å²) in [6.45, 7) is 1.99. The summed E-state index contributed by atoms with van der Waals surface area (Å²) in [6, 6.07) is 20.3. The molecule has 2 aromatic carbocycles. The number of thiophene rings is 1. The number of nitrogens with one attached hydrogen (secondary N) is 1. The van der Waals surface area contributed by atoms with Crippen LogP contribution in [0.4, 0.5) is 0 Å². The molecule has 0 aliphatic rings. The van der Waals surface area contributed by atoms with Crippen molar-refractivity contribution in [2.75, 3.05) is 27.3 Å². The van der Waals surface area contributed by atoms with Gasteiger partial charge in [-0.3, -0.25) is 10.0 Å². The molecule has 0 fully saturated rings. The van der Waals surface area contributed by atoms with Crippen LogP contribution >= 0.6 is 24.0 Å². The zero-order chi connectivity index (χ0) is 26.2. The van der Waals surface area contributed by atoms with Crippen LogP contribution in [0.1, 0.15) is 5.56 Å². The van der Waals surface area contributed by atoms with Gasteiger partial charge >= 0.3 is 0 Å². The van der Waals surface area contributed by atoms with Crippen molar-refractivity contribution in [2.45, 2.75) is 11.1 Å². The fourth-order valence-corrected chi connectivity index (χ4v) is 3.66. The van der Waals surface area contributed by atoms with E-state index in [-0.39, 0.29) is 13.1 Å². The molecule has 3 rings (SSSR count). The smallest absolute Gasteiger partial charge is 0.264 e. The van der Waals surface area contributed by atoms with Gasteiger partial charge < -0.3 is 25.9 Å². The zero-order valence-electron chi connectivity index (χ0n) is 20.0. The highest BCUT2D eigenvalue weighted by molar-refractivity contribution is 7.83. The van der Waals surface area contributed by atoms with Crippen molar-refractivity contribution in [3.8, 4) is 21.9 Å².